The van der Waals surface area contributed by atoms with Gasteiger partial charge in [-0.1, -0.05) is 218 Å². The van der Waals surface area contributed by atoms with Crippen LogP contribution in [0.1, 0.15) is 44.5 Å². The third-order valence-electron chi connectivity index (χ3n) is 17.5. The summed E-state index contributed by atoms with van der Waals surface area (Å²) in [6.07, 6.45) is 0. The molecule has 0 amide bonds. The smallest absolute Gasteiger partial charge is 0.0726 e. The van der Waals surface area contributed by atoms with Crippen LogP contribution in [0.3, 0.4) is 0 Å². The van der Waals surface area contributed by atoms with Gasteiger partial charge in [0.25, 0.3) is 0 Å². The average molecular weight is 980 g/mol. The van der Waals surface area contributed by atoms with E-state index in [1.165, 1.54) is 131 Å². The van der Waals surface area contributed by atoms with Gasteiger partial charge in [0, 0.05) is 37.1 Å². The van der Waals surface area contributed by atoms with E-state index in [0.717, 1.165) is 17.1 Å². The molecule has 12 aromatic carbocycles. The Morgan fingerprint density at radius 2 is 0.658 bits per heavy atom. The SMILES string of the molecule is c1ccc(-c2cc3c(cc2N(c2ccc(-c4ccc5sc6ccccc6c5c4)cc2)c2ccc4c(c2)C2(c5ccccc5-c5ccccc52)c2ccccc2-4)C2(c4ccccc4-c4ccccc42)c2ccccc2-3)cc1. The highest BCUT2D eigenvalue weighted by molar-refractivity contribution is 7.25. The first-order valence-electron chi connectivity index (χ1n) is 26.5. The minimum Gasteiger partial charge on any atom is -0.310 e. The highest BCUT2D eigenvalue weighted by atomic mass is 32.1. The first-order chi connectivity index (χ1) is 37.7. The van der Waals surface area contributed by atoms with E-state index in [0.29, 0.717) is 0 Å². The fourth-order valence-electron chi connectivity index (χ4n) is 14.5. The van der Waals surface area contributed by atoms with Crippen LogP contribution in [0.2, 0.25) is 0 Å². The van der Waals surface area contributed by atoms with Crippen LogP contribution < -0.4 is 4.90 Å². The summed E-state index contributed by atoms with van der Waals surface area (Å²) in [5, 5.41) is 2.62. The molecule has 4 aliphatic rings. The Kier molecular flexibility index (Phi) is 8.63. The summed E-state index contributed by atoms with van der Waals surface area (Å²) in [5.74, 6) is 0. The number of hydrogen-bond donors (Lipinski definition) is 0. The Morgan fingerprint density at radius 3 is 1.21 bits per heavy atom. The number of nitrogens with zero attached hydrogens (tertiary/aromatic N) is 1. The molecule has 0 N–H and O–H groups in total. The lowest BCUT2D eigenvalue weighted by atomic mass is 9.70. The van der Waals surface area contributed by atoms with Crippen LogP contribution in [0.25, 0.3) is 86.9 Å². The van der Waals surface area contributed by atoms with Crippen molar-refractivity contribution in [2.24, 2.45) is 0 Å². The summed E-state index contributed by atoms with van der Waals surface area (Å²) in [4.78, 5) is 2.58. The lowest BCUT2D eigenvalue weighted by molar-refractivity contribution is 0.792. The van der Waals surface area contributed by atoms with E-state index in [-0.39, 0.29) is 0 Å². The van der Waals surface area contributed by atoms with Crippen molar-refractivity contribution < 1.29 is 0 Å². The molecule has 1 aromatic heterocycles. The van der Waals surface area contributed by atoms with Gasteiger partial charge >= 0.3 is 0 Å². The second-order valence-electron chi connectivity index (χ2n) is 21.0. The fraction of sp³-hybridized carbons (Fsp3) is 0.0270. The lowest BCUT2D eigenvalue weighted by Crippen LogP contribution is -2.26. The fourth-order valence-corrected chi connectivity index (χ4v) is 15.6. The molecule has 352 valence electrons. The second kappa shape index (κ2) is 15.6. The van der Waals surface area contributed by atoms with Crippen molar-refractivity contribution in [2.75, 3.05) is 4.90 Å². The molecule has 1 nitrogen and oxygen atoms in total. The summed E-state index contributed by atoms with van der Waals surface area (Å²) >= 11 is 1.87. The Morgan fingerprint density at radius 1 is 0.237 bits per heavy atom. The van der Waals surface area contributed by atoms with Crippen molar-refractivity contribution in [2.45, 2.75) is 10.8 Å². The van der Waals surface area contributed by atoms with E-state index in [1.54, 1.807) is 0 Å². The zero-order valence-electron chi connectivity index (χ0n) is 41.3. The molecule has 1 heterocycles. The summed E-state index contributed by atoms with van der Waals surface area (Å²) < 4.78 is 2.64. The van der Waals surface area contributed by atoms with Crippen molar-refractivity contribution >= 4 is 48.6 Å². The second-order valence-corrected chi connectivity index (χ2v) is 22.1. The Balaban J connectivity index is 0.954. The van der Waals surface area contributed by atoms with Gasteiger partial charge in [0.05, 0.1) is 16.5 Å². The van der Waals surface area contributed by atoms with Crippen LogP contribution in [0.5, 0.6) is 0 Å². The Hall–Kier alpha value is -9.34. The standard InChI is InChI=1S/C74H45NS/c1-2-18-47(19-3-1)59-44-60-56-25-9-16-32-67(56)74(64-29-13-6-22-53(64)54-23-7-14-30-65(54)74)69(60)45-70(59)75(49-37-34-46(35-38-49)48-36-41-72-61(42-48)58-26-10-17-33-71(58)76-72)50-39-40-57-55-24-8-15-31-66(55)73(68(57)43-50)62-27-11-4-20-51(62)52-21-5-12-28-63(52)73/h1-45H. The van der Waals surface area contributed by atoms with Crippen LogP contribution in [0.4, 0.5) is 17.1 Å². The van der Waals surface area contributed by atoms with Crippen molar-refractivity contribution in [3.63, 3.8) is 0 Å². The van der Waals surface area contributed by atoms with Gasteiger partial charge < -0.3 is 4.90 Å². The molecule has 0 atom stereocenters. The van der Waals surface area contributed by atoms with E-state index in [2.05, 4.69) is 278 Å². The minimum absolute atomic E-state index is 0.502. The van der Waals surface area contributed by atoms with Gasteiger partial charge in [0.2, 0.25) is 0 Å². The zero-order valence-corrected chi connectivity index (χ0v) is 42.2. The highest BCUT2D eigenvalue weighted by Crippen LogP contribution is 2.66. The quantitative estimate of drug-likeness (QED) is 0.166. The van der Waals surface area contributed by atoms with Gasteiger partial charge in [-0.2, -0.15) is 0 Å². The first kappa shape index (κ1) is 42.1. The van der Waals surface area contributed by atoms with E-state index < -0.39 is 10.8 Å². The number of rotatable bonds is 5. The van der Waals surface area contributed by atoms with E-state index in [4.69, 9.17) is 0 Å². The van der Waals surface area contributed by atoms with E-state index in [9.17, 15) is 0 Å². The molecule has 13 aromatic rings. The Bertz CT molecular complexity index is 4490. The molecule has 0 saturated carbocycles. The molecule has 17 rings (SSSR count). The predicted molar refractivity (Wildman–Crippen MR) is 317 cm³/mol. The molecule has 0 fully saturated rings. The molecule has 0 aliphatic heterocycles. The maximum atomic E-state index is 2.58. The molecule has 0 unspecified atom stereocenters. The van der Waals surface area contributed by atoms with E-state index >= 15 is 0 Å². The molecule has 2 spiro atoms. The molecule has 0 bridgehead atoms. The van der Waals surface area contributed by atoms with Gasteiger partial charge in [-0.25, -0.2) is 0 Å². The molecule has 0 radical (unpaired) electrons. The maximum Gasteiger partial charge on any atom is 0.0726 e. The highest BCUT2D eigenvalue weighted by Gasteiger charge is 2.53. The van der Waals surface area contributed by atoms with Crippen LogP contribution in [0, 0.1) is 0 Å². The van der Waals surface area contributed by atoms with Crippen LogP contribution in [-0.2, 0) is 10.8 Å². The zero-order chi connectivity index (χ0) is 49.7. The molecule has 76 heavy (non-hydrogen) atoms. The van der Waals surface area contributed by atoms with Gasteiger partial charge in [-0.3, -0.25) is 0 Å². The third kappa shape index (κ3) is 5.43. The molecule has 2 heteroatoms. The van der Waals surface area contributed by atoms with Crippen molar-refractivity contribution in [3.8, 4) is 66.8 Å². The summed E-state index contributed by atoms with van der Waals surface area (Å²) in [6.45, 7) is 0. The first-order valence-corrected chi connectivity index (χ1v) is 27.3. The lowest BCUT2D eigenvalue weighted by Gasteiger charge is -2.34. The summed E-state index contributed by atoms with van der Waals surface area (Å²) in [6, 6.07) is 104. The van der Waals surface area contributed by atoms with Gasteiger partial charge in [-0.15, -0.1) is 11.3 Å². The number of fused-ring (bicyclic) bond motifs is 23. The molecule has 0 saturated heterocycles. The van der Waals surface area contributed by atoms with Crippen LogP contribution in [-0.4, -0.2) is 0 Å². The number of thiophene rings is 1. The average Bonchev–Trinajstić information content (AvgIpc) is 4.41. The van der Waals surface area contributed by atoms with Crippen molar-refractivity contribution in [1.29, 1.82) is 0 Å². The minimum atomic E-state index is -0.524. The number of benzene rings is 12. The maximum absolute atomic E-state index is 2.58. The van der Waals surface area contributed by atoms with Gasteiger partial charge in [-0.05, 0) is 160 Å². The Labute approximate surface area is 445 Å². The normalized spacial score (nSPS) is 14.0. The predicted octanol–water partition coefficient (Wildman–Crippen LogP) is 19.5. The van der Waals surface area contributed by atoms with Gasteiger partial charge in [0.1, 0.15) is 0 Å². The molecular formula is C74H45NS. The molecule has 4 aliphatic carbocycles. The van der Waals surface area contributed by atoms with Crippen LogP contribution in [0.15, 0.2) is 273 Å². The van der Waals surface area contributed by atoms with Crippen molar-refractivity contribution in [1.82, 2.24) is 0 Å². The third-order valence-corrected chi connectivity index (χ3v) is 18.7. The monoisotopic (exact) mass is 979 g/mol. The number of anilines is 3. The number of hydrogen-bond acceptors (Lipinski definition) is 2. The summed E-state index contributed by atoms with van der Waals surface area (Å²) in [5.41, 5.74) is 28.1. The largest absolute Gasteiger partial charge is 0.310 e. The summed E-state index contributed by atoms with van der Waals surface area (Å²) in [7, 11) is 0. The molecular weight excluding hydrogens is 935 g/mol. The van der Waals surface area contributed by atoms with E-state index in [1.807, 2.05) is 11.3 Å². The van der Waals surface area contributed by atoms with Gasteiger partial charge in [0.15, 0.2) is 0 Å². The van der Waals surface area contributed by atoms with Crippen LogP contribution >= 0.6 is 11.3 Å². The van der Waals surface area contributed by atoms with Crippen molar-refractivity contribution in [3.05, 3.63) is 317 Å². The topological polar surface area (TPSA) is 3.24 Å².